The Morgan fingerprint density at radius 2 is 1.68 bits per heavy atom. The first kappa shape index (κ1) is 22.7. The summed E-state index contributed by atoms with van der Waals surface area (Å²) in [5.41, 5.74) is -0.166. The van der Waals surface area contributed by atoms with Crippen molar-refractivity contribution in [2.45, 2.75) is 45.3 Å². The Morgan fingerprint density at radius 1 is 0.971 bits per heavy atom. The molecule has 3 aromatic rings. The van der Waals surface area contributed by atoms with E-state index in [0.717, 1.165) is 30.0 Å². The van der Waals surface area contributed by atoms with Gasteiger partial charge in [0.2, 0.25) is 0 Å². The molecule has 0 atom stereocenters. The monoisotopic (exact) mass is 482 g/mol. The van der Waals surface area contributed by atoms with E-state index < -0.39 is 24.8 Å². The minimum atomic E-state index is -4.52. The molecule has 0 amide bonds. The number of anilines is 2. The van der Waals surface area contributed by atoms with Crippen LogP contribution in [0.3, 0.4) is 0 Å². The summed E-state index contributed by atoms with van der Waals surface area (Å²) in [4.78, 5) is 20.6. The van der Waals surface area contributed by atoms with E-state index in [2.05, 4.69) is 29.9 Å². The number of nitrogens with zero attached hydrogens (tertiary/aromatic N) is 8. The largest absolute Gasteiger partial charge is 0.433 e. The maximum atomic E-state index is 13.2. The van der Waals surface area contributed by atoms with E-state index in [9.17, 15) is 22.0 Å². The second-order valence-electron chi connectivity index (χ2n) is 8.97. The topological polar surface area (TPSA) is 75.9 Å². The fraction of sp³-hybridized carbons (Fsp3) is 0.571. The van der Waals surface area contributed by atoms with Gasteiger partial charge in [0, 0.05) is 32.2 Å². The highest BCUT2D eigenvalue weighted by atomic mass is 19.4. The predicted molar refractivity (Wildman–Crippen MR) is 114 cm³/mol. The van der Waals surface area contributed by atoms with Gasteiger partial charge in [0.05, 0.1) is 12.4 Å². The van der Waals surface area contributed by atoms with E-state index in [1.165, 1.54) is 13.1 Å². The average Bonchev–Trinajstić information content (AvgIpc) is 3.37. The van der Waals surface area contributed by atoms with Crippen LogP contribution in [0.1, 0.15) is 30.8 Å². The average molecular weight is 482 g/mol. The van der Waals surface area contributed by atoms with Crippen LogP contribution in [-0.2, 0) is 12.7 Å². The van der Waals surface area contributed by atoms with E-state index >= 15 is 0 Å². The van der Waals surface area contributed by atoms with Crippen molar-refractivity contribution in [1.29, 1.82) is 0 Å². The fourth-order valence-corrected chi connectivity index (χ4v) is 4.86. The third-order valence-electron chi connectivity index (χ3n) is 6.67. The van der Waals surface area contributed by atoms with Crippen LogP contribution in [-0.4, -0.2) is 62.3 Å². The van der Waals surface area contributed by atoms with Gasteiger partial charge in [0.25, 0.3) is 6.43 Å². The number of hydrogen-bond donors (Lipinski definition) is 0. The van der Waals surface area contributed by atoms with Gasteiger partial charge < -0.3 is 9.80 Å². The summed E-state index contributed by atoms with van der Waals surface area (Å²) in [6, 6.07) is 1.02. The lowest BCUT2D eigenvalue weighted by Gasteiger charge is -2.39. The first-order valence-electron chi connectivity index (χ1n) is 11.0. The molecule has 0 aliphatic carbocycles. The van der Waals surface area contributed by atoms with E-state index in [4.69, 9.17) is 0 Å². The van der Waals surface area contributed by atoms with Gasteiger partial charge in [-0.25, -0.2) is 33.4 Å². The van der Waals surface area contributed by atoms with Gasteiger partial charge in [0.1, 0.15) is 35.2 Å². The number of alkyl halides is 5. The summed E-state index contributed by atoms with van der Waals surface area (Å²) in [6.45, 7) is 3.56. The van der Waals surface area contributed by atoms with Crippen LogP contribution < -0.4 is 9.80 Å². The van der Waals surface area contributed by atoms with Gasteiger partial charge in [-0.3, -0.25) is 0 Å². The van der Waals surface area contributed by atoms with Crippen molar-refractivity contribution in [3.05, 3.63) is 30.0 Å². The standard InChI is InChI=1S/C21H23F5N8/c1-13-29-15(21(24,25)26)8-17(30-13)33-7-4-20(12-33)2-5-32(6-3-20)18-10-27-14-9-28-34(11-16(22)23)19(14)31-18/h8-10,16H,2-7,11-12H2,1H3. The number of piperidine rings is 1. The second kappa shape index (κ2) is 8.27. The van der Waals surface area contributed by atoms with Crippen LogP contribution >= 0.6 is 0 Å². The maximum Gasteiger partial charge on any atom is 0.433 e. The lowest BCUT2D eigenvalue weighted by molar-refractivity contribution is -0.141. The normalized spacial score (nSPS) is 18.6. The zero-order valence-corrected chi connectivity index (χ0v) is 18.4. The molecule has 0 radical (unpaired) electrons. The van der Waals surface area contributed by atoms with Gasteiger partial charge in [-0.05, 0) is 31.6 Å². The molecule has 1 spiro atoms. The summed E-state index contributed by atoms with van der Waals surface area (Å²) in [5.74, 6) is 1.01. The molecule has 13 heteroatoms. The molecule has 0 saturated carbocycles. The molecule has 2 saturated heterocycles. The van der Waals surface area contributed by atoms with Crippen LogP contribution in [0.25, 0.3) is 11.2 Å². The molecule has 2 aliphatic rings. The highest BCUT2D eigenvalue weighted by molar-refractivity contribution is 5.71. The summed E-state index contributed by atoms with van der Waals surface area (Å²) in [5, 5.41) is 3.95. The van der Waals surface area contributed by atoms with E-state index in [1.807, 2.05) is 4.90 Å². The molecular weight excluding hydrogens is 459 g/mol. The summed E-state index contributed by atoms with van der Waals surface area (Å²) in [7, 11) is 0. The Hall–Kier alpha value is -3.12. The fourth-order valence-electron chi connectivity index (χ4n) is 4.86. The van der Waals surface area contributed by atoms with Crippen molar-refractivity contribution in [1.82, 2.24) is 29.7 Å². The molecule has 3 aromatic heterocycles. The molecule has 182 valence electrons. The lowest BCUT2D eigenvalue weighted by Crippen LogP contribution is -2.42. The maximum absolute atomic E-state index is 13.2. The highest BCUT2D eigenvalue weighted by Crippen LogP contribution is 2.42. The molecule has 5 heterocycles. The molecule has 0 aromatic carbocycles. The first-order valence-corrected chi connectivity index (χ1v) is 11.0. The van der Waals surface area contributed by atoms with Crippen molar-refractivity contribution in [3.8, 4) is 0 Å². The number of aromatic nitrogens is 6. The van der Waals surface area contributed by atoms with E-state index in [0.29, 0.717) is 49.0 Å². The minimum absolute atomic E-state index is 0.0251. The summed E-state index contributed by atoms with van der Waals surface area (Å²) >= 11 is 0. The smallest absolute Gasteiger partial charge is 0.356 e. The predicted octanol–water partition coefficient (Wildman–Crippen LogP) is 3.71. The van der Waals surface area contributed by atoms with Gasteiger partial charge in [-0.15, -0.1) is 0 Å². The Kier molecular flexibility index (Phi) is 5.52. The van der Waals surface area contributed by atoms with Crippen LogP contribution in [0.15, 0.2) is 18.5 Å². The van der Waals surface area contributed by atoms with Crippen molar-refractivity contribution < 1.29 is 22.0 Å². The molecule has 5 rings (SSSR count). The second-order valence-corrected chi connectivity index (χ2v) is 8.97. The van der Waals surface area contributed by atoms with Crippen molar-refractivity contribution in [2.75, 3.05) is 36.0 Å². The van der Waals surface area contributed by atoms with Crippen LogP contribution in [0.5, 0.6) is 0 Å². The van der Waals surface area contributed by atoms with Crippen molar-refractivity contribution in [3.63, 3.8) is 0 Å². The number of rotatable bonds is 4. The van der Waals surface area contributed by atoms with Gasteiger partial charge >= 0.3 is 6.18 Å². The highest BCUT2D eigenvalue weighted by Gasteiger charge is 2.42. The third-order valence-corrected chi connectivity index (χ3v) is 6.67. The Labute approximate surface area is 191 Å². The molecule has 34 heavy (non-hydrogen) atoms. The van der Waals surface area contributed by atoms with E-state index in [-0.39, 0.29) is 11.2 Å². The van der Waals surface area contributed by atoms with Crippen molar-refractivity contribution >= 4 is 22.8 Å². The van der Waals surface area contributed by atoms with E-state index in [1.54, 1.807) is 6.20 Å². The number of halogens is 5. The summed E-state index contributed by atoms with van der Waals surface area (Å²) in [6.07, 6.45) is -1.50. The Balaban J connectivity index is 1.28. The molecule has 0 N–H and O–H groups in total. The minimum Gasteiger partial charge on any atom is -0.356 e. The van der Waals surface area contributed by atoms with Crippen LogP contribution in [0.4, 0.5) is 33.6 Å². The molecular formula is C21H23F5N8. The Bertz CT molecular complexity index is 1190. The van der Waals surface area contributed by atoms with Crippen LogP contribution in [0.2, 0.25) is 0 Å². The zero-order valence-electron chi connectivity index (χ0n) is 18.4. The molecule has 8 nitrogen and oxygen atoms in total. The van der Waals surface area contributed by atoms with Crippen LogP contribution in [0, 0.1) is 12.3 Å². The first-order chi connectivity index (χ1) is 16.1. The molecule has 2 aliphatic heterocycles. The SMILES string of the molecule is Cc1nc(N2CCC3(CCN(c4cnc5cnn(CC(F)F)c5n4)CC3)C2)cc(C(F)(F)F)n1. The zero-order chi connectivity index (χ0) is 24.1. The number of aryl methyl sites for hydroxylation is 1. The lowest BCUT2D eigenvalue weighted by atomic mass is 9.78. The van der Waals surface area contributed by atoms with Gasteiger partial charge in [0.15, 0.2) is 5.65 Å². The summed E-state index contributed by atoms with van der Waals surface area (Å²) < 4.78 is 66.4. The number of fused-ring (bicyclic) bond motifs is 1. The molecule has 0 bridgehead atoms. The number of hydrogen-bond acceptors (Lipinski definition) is 7. The van der Waals surface area contributed by atoms with Gasteiger partial charge in [-0.1, -0.05) is 0 Å². The molecule has 2 fully saturated rings. The van der Waals surface area contributed by atoms with Gasteiger partial charge in [-0.2, -0.15) is 18.3 Å². The Morgan fingerprint density at radius 3 is 2.35 bits per heavy atom. The van der Waals surface area contributed by atoms with Crippen molar-refractivity contribution in [2.24, 2.45) is 5.41 Å². The molecule has 0 unspecified atom stereocenters. The quantitative estimate of drug-likeness (QED) is 0.525. The third kappa shape index (κ3) is 4.34.